The first-order chi connectivity index (χ1) is 18.8. The number of methoxy groups -OCH3 is 1. The van der Waals surface area contributed by atoms with Gasteiger partial charge in [0.05, 0.1) is 23.7 Å². The minimum absolute atomic E-state index is 0.0510. The lowest BCUT2D eigenvalue weighted by molar-refractivity contribution is -0.134. The number of ether oxygens (including phenoxy) is 1. The van der Waals surface area contributed by atoms with Crippen LogP contribution in [-0.4, -0.2) is 40.4 Å². The number of carbonyl (C=O) groups is 2. The monoisotopic (exact) mass is 566 g/mol. The van der Waals surface area contributed by atoms with Crippen molar-refractivity contribution < 1.29 is 19.4 Å². The fraction of sp³-hybridized carbons (Fsp3) is 0.545. The lowest BCUT2D eigenvalue weighted by atomic mass is 9.75. The van der Waals surface area contributed by atoms with E-state index in [2.05, 4.69) is 34.6 Å². The van der Waals surface area contributed by atoms with E-state index >= 15 is 0 Å². The first kappa shape index (κ1) is 30.1. The van der Waals surface area contributed by atoms with Crippen molar-refractivity contribution in [2.45, 2.75) is 91.8 Å². The van der Waals surface area contributed by atoms with Gasteiger partial charge in [0.2, 0.25) is 0 Å². The second-order valence-electron chi connectivity index (χ2n) is 13.0. The molecule has 1 saturated carbocycles. The summed E-state index contributed by atoms with van der Waals surface area (Å²) < 4.78 is 4.91. The molecule has 1 fully saturated rings. The summed E-state index contributed by atoms with van der Waals surface area (Å²) >= 11 is 6.26. The molecule has 1 heterocycles. The summed E-state index contributed by atoms with van der Waals surface area (Å²) in [7, 11) is 1.37. The fourth-order valence-corrected chi connectivity index (χ4v) is 6.84. The van der Waals surface area contributed by atoms with Crippen molar-refractivity contribution in [2.24, 2.45) is 22.2 Å². The van der Waals surface area contributed by atoms with Gasteiger partial charge in [-0.15, -0.1) is 0 Å². The number of rotatable bonds is 7. The zero-order valence-electron chi connectivity index (χ0n) is 24.9. The fourth-order valence-electron chi connectivity index (χ4n) is 6.65. The number of aliphatic imine (C=N–C) groups is 1. The zero-order chi connectivity index (χ0) is 29.4. The topological polar surface area (TPSA) is 79.2 Å². The maximum Gasteiger partial charge on any atom is 0.337 e. The SMILES string of the molecule is CCc1cc(Cl)c(O)cc1C1=NC2(CC(C)CC(C)C2)N(C(CCC(C)(C)C)c2ccc(C(=O)OC)cc2)C1=O. The highest BCUT2D eigenvalue weighted by molar-refractivity contribution is 6.47. The molecule has 3 unspecified atom stereocenters. The molecule has 2 aliphatic rings. The summed E-state index contributed by atoms with van der Waals surface area (Å²) in [5, 5.41) is 10.8. The Balaban J connectivity index is 1.88. The Kier molecular flexibility index (Phi) is 8.70. The molecule has 0 radical (unpaired) electrons. The van der Waals surface area contributed by atoms with Gasteiger partial charge in [0.15, 0.2) is 0 Å². The Hall–Kier alpha value is -2.86. The Bertz CT molecular complexity index is 1280. The van der Waals surface area contributed by atoms with Gasteiger partial charge >= 0.3 is 5.97 Å². The smallest absolute Gasteiger partial charge is 0.337 e. The number of benzene rings is 2. The standard InChI is InChI=1S/C33H43ClN2O4/c1-8-22-16-26(34)28(37)17-25(22)29-30(38)36(33(35-29)18-20(2)15-21(3)19-33)27(13-14-32(4,5)6)23-9-11-24(12-10-23)31(39)40-7/h9-12,16-17,20-21,27,37H,8,13-15,18-19H2,1-7H3. The van der Waals surface area contributed by atoms with E-state index < -0.39 is 5.66 Å². The molecule has 1 N–H and O–H groups in total. The van der Waals surface area contributed by atoms with E-state index in [0.717, 1.165) is 43.2 Å². The third kappa shape index (κ3) is 6.07. The minimum Gasteiger partial charge on any atom is -0.506 e. The number of phenols is 1. The van der Waals surface area contributed by atoms with Crippen molar-refractivity contribution in [3.05, 3.63) is 63.7 Å². The highest BCUT2D eigenvalue weighted by Crippen LogP contribution is 2.49. The van der Waals surface area contributed by atoms with Crippen LogP contribution in [0.5, 0.6) is 5.75 Å². The minimum atomic E-state index is -0.687. The molecule has 7 heteroatoms. The summed E-state index contributed by atoms with van der Waals surface area (Å²) in [4.78, 5) is 34.1. The number of nitrogens with zero attached hydrogens (tertiary/aromatic N) is 2. The predicted molar refractivity (Wildman–Crippen MR) is 160 cm³/mol. The van der Waals surface area contributed by atoms with E-state index in [0.29, 0.717) is 35.1 Å². The molecule has 0 bridgehead atoms. The van der Waals surface area contributed by atoms with Crippen molar-refractivity contribution >= 4 is 29.2 Å². The summed E-state index contributed by atoms with van der Waals surface area (Å²) in [5.74, 6) is 0.244. The molecular formula is C33H43ClN2O4. The van der Waals surface area contributed by atoms with Gasteiger partial charge in [0.1, 0.15) is 17.1 Å². The number of carbonyl (C=O) groups excluding carboxylic acids is 2. The molecule has 1 amide bonds. The molecule has 40 heavy (non-hydrogen) atoms. The van der Waals surface area contributed by atoms with Crippen LogP contribution in [0.25, 0.3) is 0 Å². The number of aryl methyl sites for hydroxylation is 1. The van der Waals surface area contributed by atoms with Gasteiger partial charge in [-0.05, 0) is 91.2 Å². The van der Waals surface area contributed by atoms with Crippen LogP contribution in [0.4, 0.5) is 0 Å². The van der Waals surface area contributed by atoms with Gasteiger partial charge in [-0.25, -0.2) is 4.79 Å². The van der Waals surface area contributed by atoms with Crippen LogP contribution in [0.2, 0.25) is 5.02 Å². The van der Waals surface area contributed by atoms with Crippen molar-refractivity contribution in [3.63, 3.8) is 0 Å². The molecule has 216 valence electrons. The van der Waals surface area contributed by atoms with E-state index in [1.54, 1.807) is 24.3 Å². The Morgan fingerprint density at radius 3 is 2.35 bits per heavy atom. The Morgan fingerprint density at radius 2 is 1.80 bits per heavy atom. The van der Waals surface area contributed by atoms with Crippen molar-refractivity contribution in [2.75, 3.05) is 7.11 Å². The third-order valence-corrected chi connectivity index (χ3v) is 8.65. The third-order valence-electron chi connectivity index (χ3n) is 8.35. The second kappa shape index (κ2) is 11.6. The number of phenolic OH excluding ortho intramolecular Hbond substituents is 1. The highest BCUT2D eigenvalue weighted by Gasteiger charge is 2.53. The molecule has 3 atom stereocenters. The quantitative estimate of drug-likeness (QED) is 0.347. The van der Waals surface area contributed by atoms with Crippen LogP contribution in [0.15, 0.2) is 41.4 Å². The van der Waals surface area contributed by atoms with E-state index in [1.165, 1.54) is 7.11 Å². The van der Waals surface area contributed by atoms with E-state index in [1.807, 2.05) is 24.0 Å². The predicted octanol–water partition coefficient (Wildman–Crippen LogP) is 7.75. The van der Waals surface area contributed by atoms with Crippen LogP contribution in [-0.2, 0) is 16.0 Å². The number of hydrogen-bond donors (Lipinski definition) is 1. The van der Waals surface area contributed by atoms with Crippen molar-refractivity contribution in [1.82, 2.24) is 4.90 Å². The van der Waals surface area contributed by atoms with Crippen LogP contribution in [0.1, 0.15) is 107 Å². The molecule has 4 rings (SSSR count). The van der Waals surface area contributed by atoms with Gasteiger partial charge in [-0.1, -0.05) is 65.3 Å². The maximum atomic E-state index is 14.6. The largest absolute Gasteiger partial charge is 0.506 e. The number of aromatic hydroxyl groups is 1. The first-order valence-electron chi connectivity index (χ1n) is 14.4. The molecule has 0 saturated heterocycles. The average molecular weight is 567 g/mol. The van der Waals surface area contributed by atoms with E-state index in [-0.39, 0.29) is 34.1 Å². The average Bonchev–Trinajstić information content (AvgIpc) is 3.14. The normalized spacial score (nSPS) is 23.9. The Labute approximate surface area is 243 Å². The van der Waals surface area contributed by atoms with Gasteiger partial charge in [0.25, 0.3) is 5.91 Å². The van der Waals surface area contributed by atoms with Crippen LogP contribution in [0, 0.1) is 17.3 Å². The number of hydrogen-bond acceptors (Lipinski definition) is 5. The lowest BCUT2D eigenvalue weighted by Crippen LogP contribution is -2.52. The van der Waals surface area contributed by atoms with E-state index in [9.17, 15) is 14.7 Å². The highest BCUT2D eigenvalue weighted by atomic mass is 35.5. The Morgan fingerprint density at radius 1 is 1.18 bits per heavy atom. The van der Waals surface area contributed by atoms with Gasteiger partial charge < -0.3 is 14.7 Å². The lowest BCUT2D eigenvalue weighted by Gasteiger charge is -2.47. The van der Waals surface area contributed by atoms with Crippen molar-refractivity contribution in [3.8, 4) is 5.75 Å². The molecule has 2 aromatic rings. The van der Waals surface area contributed by atoms with Crippen molar-refractivity contribution in [1.29, 1.82) is 0 Å². The summed E-state index contributed by atoms with van der Waals surface area (Å²) in [6.07, 6.45) is 4.96. The van der Waals surface area contributed by atoms with Crippen LogP contribution < -0.4 is 0 Å². The van der Waals surface area contributed by atoms with Gasteiger partial charge in [-0.2, -0.15) is 0 Å². The van der Waals surface area contributed by atoms with Crippen LogP contribution in [0.3, 0.4) is 0 Å². The molecule has 1 aliphatic heterocycles. The molecule has 1 spiro atoms. The van der Waals surface area contributed by atoms with Crippen LogP contribution >= 0.6 is 11.6 Å². The zero-order valence-corrected chi connectivity index (χ0v) is 25.6. The summed E-state index contributed by atoms with van der Waals surface area (Å²) in [6, 6.07) is 10.5. The number of esters is 1. The second-order valence-corrected chi connectivity index (χ2v) is 13.4. The summed E-state index contributed by atoms with van der Waals surface area (Å²) in [6.45, 7) is 13.1. The van der Waals surface area contributed by atoms with Gasteiger partial charge in [-0.3, -0.25) is 9.79 Å². The maximum absolute atomic E-state index is 14.6. The molecule has 1 aliphatic carbocycles. The molecular weight excluding hydrogens is 524 g/mol. The number of halogens is 1. The van der Waals surface area contributed by atoms with Gasteiger partial charge in [0, 0.05) is 5.56 Å². The molecule has 2 aromatic carbocycles. The molecule has 6 nitrogen and oxygen atoms in total. The van der Waals surface area contributed by atoms with E-state index in [4.69, 9.17) is 21.3 Å². The molecule has 0 aromatic heterocycles. The number of amides is 1. The first-order valence-corrected chi connectivity index (χ1v) is 14.8. The summed E-state index contributed by atoms with van der Waals surface area (Å²) in [5.41, 5.74) is 2.76.